The van der Waals surface area contributed by atoms with Crippen LogP contribution in [0, 0.1) is 13.8 Å². The van der Waals surface area contributed by atoms with Gasteiger partial charge in [0.15, 0.2) is 0 Å². The smallest absolute Gasteiger partial charge is 0.252 e. The number of carbonyl (C=O) groups excluding carboxylic acids is 1. The van der Waals surface area contributed by atoms with Gasteiger partial charge in [0.1, 0.15) is 0 Å². The van der Waals surface area contributed by atoms with Gasteiger partial charge in [0.25, 0.3) is 5.91 Å². The van der Waals surface area contributed by atoms with E-state index in [0.717, 1.165) is 24.2 Å². The Hall–Kier alpha value is -1.06. The van der Waals surface area contributed by atoms with E-state index in [1.54, 1.807) is 4.42 Å². The Bertz CT molecular complexity index is 500. The van der Waals surface area contributed by atoms with Gasteiger partial charge in [-0.1, -0.05) is 17.7 Å². The van der Waals surface area contributed by atoms with Gasteiger partial charge >= 0.3 is 0 Å². The molecule has 1 saturated heterocycles. The number of nitrogens with one attached hydrogen (secondary N) is 1. The summed E-state index contributed by atoms with van der Waals surface area (Å²) in [4.78, 5) is 12.1. The minimum absolute atomic E-state index is 0.0470. The summed E-state index contributed by atoms with van der Waals surface area (Å²) in [6, 6.07) is 4.36. The van der Waals surface area contributed by atoms with Gasteiger partial charge in [-0.05, 0) is 36.8 Å². The number of aryl methyl sites for hydroxylation is 2. The summed E-state index contributed by atoms with van der Waals surface area (Å²) in [5.41, 5.74) is 4.29. The Labute approximate surface area is 106 Å². The second kappa shape index (κ2) is 3.72. The molecule has 2 aliphatic rings. The zero-order chi connectivity index (χ0) is 12.2. The average molecular weight is 251 g/mol. The maximum absolute atomic E-state index is 12.1. The molecule has 2 heterocycles. The van der Waals surface area contributed by atoms with Crippen molar-refractivity contribution in [2.45, 2.75) is 25.8 Å². The van der Waals surface area contributed by atoms with Crippen molar-refractivity contribution in [1.82, 2.24) is 9.74 Å². The molecule has 3 nitrogen and oxygen atoms in total. The van der Waals surface area contributed by atoms with Crippen LogP contribution in [0.5, 0.6) is 0 Å². The lowest BCUT2D eigenvalue weighted by molar-refractivity contribution is 0.0923. The van der Waals surface area contributed by atoms with E-state index in [-0.39, 0.29) is 11.9 Å². The molecule has 0 spiro atoms. The first-order valence-corrected chi connectivity index (χ1v) is 6.23. The van der Waals surface area contributed by atoms with Crippen LogP contribution in [0.3, 0.4) is 0 Å². The second-order valence-corrected chi connectivity index (χ2v) is 5.54. The van der Waals surface area contributed by atoms with Crippen LogP contribution in [0.1, 0.15) is 33.0 Å². The van der Waals surface area contributed by atoms with E-state index in [1.807, 2.05) is 6.92 Å². The number of hydrogen-bond acceptors (Lipinski definition) is 2. The number of hydrogen-bond donors (Lipinski definition) is 1. The summed E-state index contributed by atoms with van der Waals surface area (Å²) in [5.74, 6) is 0.379. The fraction of sp³-hybridized carbons (Fsp3) is 0.462. The van der Waals surface area contributed by atoms with E-state index in [9.17, 15) is 4.79 Å². The molecule has 2 atom stereocenters. The van der Waals surface area contributed by atoms with Crippen LogP contribution in [0.25, 0.3) is 0 Å². The maximum atomic E-state index is 12.1. The van der Waals surface area contributed by atoms with Crippen molar-refractivity contribution < 1.29 is 4.79 Å². The quantitative estimate of drug-likeness (QED) is 0.714. The van der Waals surface area contributed by atoms with E-state index in [2.05, 4.69) is 24.4 Å². The molecule has 1 aromatic rings. The molecular weight excluding hydrogens is 236 g/mol. The van der Waals surface area contributed by atoms with Crippen LogP contribution in [0.2, 0.25) is 0 Å². The minimum Gasteiger partial charge on any atom is -0.347 e. The normalized spacial score (nSPS) is 27.6. The lowest BCUT2D eigenvalue weighted by Gasteiger charge is -2.29. The highest BCUT2D eigenvalue weighted by atomic mass is 35.5. The Morgan fingerprint density at radius 2 is 2.12 bits per heavy atom. The number of benzene rings is 1. The van der Waals surface area contributed by atoms with Crippen molar-refractivity contribution in [2.24, 2.45) is 0 Å². The van der Waals surface area contributed by atoms with Gasteiger partial charge in [0.05, 0.1) is 6.04 Å². The Balaban J connectivity index is 2.16. The summed E-state index contributed by atoms with van der Waals surface area (Å²) >= 11 is 6.06. The third kappa shape index (κ3) is 1.65. The van der Waals surface area contributed by atoms with Gasteiger partial charge in [0, 0.05) is 24.6 Å². The zero-order valence-corrected chi connectivity index (χ0v) is 10.7. The highest BCUT2D eigenvalue weighted by molar-refractivity contribution is 6.13. The Morgan fingerprint density at radius 3 is 2.88 bits per heavy atom. The molecule has 4 heteroatoms. The largest absolute Gasteiger partial charge is 0.347 e. The number of nitrogens with zero attached hydrogens (tertiary/aromatic N) is 1. The summed E-state index contributed by atoms with van der Waals surface area (Å²) in [7, 11) is 0. The van der Waals surface area contributed by atoms with Crippen LogP contribution >= 0.6 is 11.8 Å². The molecule has 17 heavy (non-hydrogen) atoms. The summed E-state index contributed by atoms with van der Waals surface area (Å²) in [5, 5.41) is 3.06. The van der Waals surface area contributed by atoms with Crippen LogP contribution in [-0.4, -0.2) is 29.5 Å². The summed E-state index contributed by atoms with van der Waals surface area (Å²) in [6.07, 6.45) is 0. The summed E-state index contributed by atoms with van der Waals surface area (Å²) < 4.78 is 1.77. The fourth-order valence-electron chi connectivity index (χ4n) is 3.06. The highest BCUT2D eigenvalue weighted by Gasteiger charge is 2.40. The van der Waals surface area contributed by atoms with Gasteiger partial charge in [-0.3, -0.25) is 4.79 Å². The lowest BCUT2D eigenvalue weighted by atomic mass is 9.83. The molecule has 1 amide bonds. The Morgan fingerprint density at radius 1 is 1.35 bits per heavy atom. The first-order valence-electron chi connectivity index (χ1n) is 5.89. The van der Waals surface area contributed by atoms with E-state index in [0.29, 0.717) is 5.92 Å². The van der Waals surface area contributed by atoms with Crippen molar-refractivity contribution in [3.8, 4) is 0 Å². The molecule has 1 N–H and O–H groups in total. The number of amides is 1. The predicted molar refractivity (Wildman–Crippen MR) is 67.3 cm³/mol. The predicted octanol–water partition coefficient (Wildman–Crippen LogP) is 1.97. The molecule has 0 bridgehead atoms. The summed E-state index contributed by atoms with van der Waals surface area (Å²) in [6.45, 7) is 5.61. The van der Waals surface area contributed by atoms with E-state index < -0.39 is 0 Å². The zero-order valence-electron chi connectivity index (χ0n) is 9.96. The number of halogens is 1. The number of carbonyl (C=O) groups is 1. The number of fused-ring (bicyclic) bond motifs is 3. The second-order valence-electron chi connectivity index (χ2n) is 5.06. The highest BCUT2D eigenvalue weighted by Crippen LogP contribution is 2.36. The van der Waals surface area contributed by atoms with Gasteiger partial charge in [-0.25, -0.2) is 4.42 Å². The molecule has 1 fully saturated rings. The van der Waals surface area contributed by atoms with Crippen LogP contribution in [0.4, 0.5) is 0 Å². The van der Waals surface area contributed by atoms with Crippen molar-refractivity contribution in [2.75, 3.05) is 13.1 Å². The van der Waals surface area contributed by atoms with Crippen LogP contribution in [-0.2, 0) is 0 Å². The van der Waals surface area contributed by atoms with Gasteiger partial charge < -0.3 is 5.32 Å². The number of rotatable bonds is 0. The fourth-order valence-corrected chi connectivity index (χ4v) is 3.36. The maximum Gasteiger partial charge on any atom is 0.252 e. The van der Waals surface area contributed by atoms with Crippen molar-refractivity contribution >= 4 is 17.7 Å². The Kier molecular flexibility index (Phi) is 2.42. The molecule has 0 aromatic heterocycles. The molecular formula is C13H15ClN2O. The molecule has 1 aromatic carbocycles. The van der Waals surface area contributed by atoms with E-state index in [4.69, 9.17) is 11.8 Å². The van der Waals surface area contributed by atoms with Crippen molar-refractivity contribution in [3.05, 3.63) is 34.4 Å². The first-order chi connectivity index (χ1) is 8.06. The molecule has 0 unspecified atom stereocenters. The monoisotopic (exact) mass is 250 g/mol. The van der Waals surface area contributed by atoms with Crippen LogP contribution in [0.15, 0.2) is 12.1 Å². The van der Waals surface area contributed by atoms with Gasteiger partial charge in [-0.15, -0.1) is 0 Å². The SMILES string of the molecule is Cc1cc(C)c2c(c1)[C@H]1CN(Cl)C[C@@H]1NC2=O. The van der Waals surface area contributed by atoms with E-state index >= 15 is 0 Å². The first kappa shape index (κ1) is 11.1. The molecule has 0 saturated carbocycles. The topological polar surface area (TPSA) is 32.3 Å². The standard InChI is InChI=1S/C13H15ClN2O/c1-7-3-8(2)12-9(4-7)10-5-16(14)6-11(10)15-13(12)17/h3-4,10-11H,5-6H2,1-2H3,(H,15,17)/t10-,11+/m1/s1. The van der Waals surface area contributed by atoms with Crippen LogP contribution < -0.4 is 5.32 Å². The van der Waals surface area contributed by atoms with Gasteiger partial charge in [-0.2, -0.15) is 0 Å². The van der Waals surface area contributed by atoms with Gasteiger partial charge in [0.2, 0.25) is 0 Å². The van der Waals surface area contributed by atoms with E-state index in [1.165, 1.54) is 11.1 Å². The third-order valence-electron chi connectivity index (χ3n) is 3.73. The molecule has 0 aliphatic carbocycles. The lowest BCUT2D eigenvalue weighted by Crippen LogP contribution is -2.44. The van der Waals surface area contributed by atoms with Crippen molar-refractivity contribution in [3.63, 3.8) is 0 Å². The molecule has 2 aliphatic heterocycles. The average Bonchev–Trinajstić information content (AvgIpc) is 2.57. The third-order valence-corrected chi connectivity index (χ3v) is 4.00. The molecule has 3 rings (SSSR count). The molecule has 90 valence electrons. The van der Waals surface area contributed by atoms with Crippen molar-refractivity contribution in [1.29, 1.82) is 0 Å². The minimum atomic E-state index is 0.0470. The molecule has 0 radical (unpaired) electrons.